The lowest BCUT2D eigenvalue weighted by atomic mass is 9.92. The van der Waals surface area contributed by atoms with Crippen molar-refractivity contribution in [1.82, 2.24) is 19.5 Å². The van der Waals surface area contributed by atoms with Gasteiger partial charge in [0.2, 0.25) is 0 Å². The average Bonchev–Trinajstić information content (AvgIpc) is 3.91. The first kappa shape index (κ1) is 36.9. The monoisotopic (exact) mass is 817 g/mol. The Bertz CT molecular complexity index is 3720. The number of hydrogen-bond acceptors (Lipinski definition) is 5. The number of furan rings is 1. The van der Waals surface area contributed by atoms with E-state index in [0.29, 0.717) is 23.0 Å². The largest absolute Gasteiger partial charge is 0.456 e. The molecule has 0 N–H and O–H groups in total. The molecule has 6 nitrogen and oxygen atoms in total. The zero-order valence-electron chi connectivity index (χ0n) is 34.4. The van der Waals surface area contributed by atoms with Gasteiger partial charge < -0.3 is 8.98 Å². The van der Waals surface area contributed by atoms with Gasteiger partial charge in [-0.3, -0.25) is 0 Å². The van der Waals surface area contributed by atoms with Crippen molar-refractivity contribution in [3.8, 4) is 79.3 Å². The fourth-order valence-corrected chi connectivity index (χ4v) is 9.04. The van der Waals surface area contributed by atoms with Crippen LogP contribution in [-0.4, -0.2) is 19.5 Å². The molecule has 0 unspecified atom stereocenters. The summed E-state index contributed by atoms with van der Waals surface area (Å²) in [6.45, 7) is 0. The number of aromatic nitrogens is 4. The van der Waals surface area contributed by atoms with E-state index >= 15 is 0 Å². The van der Waals surface area contributed by atoms with Crippen LogP contribution in [0.2, 0.25) is 0 Å². The molecule has 0 bridgehead atoms. The van der Waals surface area contributed by atoms with Crippen LogP contribution in [0.1, 0.15) is 5.56 Å². The molecule has 0 fully saturated rings. The molecule has 0 spiro atoms. The van der Waals surface area contributed by atoms with Crippen molar-refractivity contribution in [1.29, 1.82) is 5.26 Å². The van der Waals surface area contributed by atoms with E-state index in [1.807, 2.05) is 84.9 Å². The lowest BCUT2D eigenvalue weighted by Gasteiger charge is -2.21. The van der Waals surface area contributed by atoms with Crippen LogP contribution < -0.4 is 0 Å². The standard InChI is InChI=1S/C58H35N5O/c59-36-37-25-29-51-49(31-37)50-32-42(38-15-5-1-6-16-38)27-30-52(50)63(51)55-47(39-17-7-2-8-18-39)33-44(34-48(55)40-19-9-3-10-20-40)58-61-56(41-21-11-4-12-22-41)60-57(62-58)43-26-28-46-45-23-13-14-24-53(45)64-54(46)35-43/h1-35H. The van der Waals surface area contributed by atoms with E-state index in [2.05, 4.69) is 138 Å². The predicted octanol–water partition coefficient (Wildman–Crippen LogP) is 14.7. The molecule has 3 aromatic heterocycles. The third-order valence-corrected chi connectivity index (χ3v) is 12.1. The Morgan fingerprint density at radius 1 is 0.359 bits per heavy atom. The first-order valence-corrected chi connectivity index (χ1v) is 21.2. The third kappa shape index (κ3) is 6.31. The molecule has 6 heteroatoms. The van der Waals surface area contributed by atoms with Crippen LogP contribution in [0.4, 0.5) is 0 Å². The molecule has 0 aliphatic carbocycles. The Labute approximate surface area is 368 Å². The number of hydrogen-bond donors (Lipinski definition) is 0. The van der Waals surface area contributed by atoms with E-state index in [-0.39, 0.29) is 0 Å². The van der Waals surface area contributed by atoms with Gasteiger partial charge in [-0.2, -0.15) is 5.26 Å². The summed E-state index contributed by atoms with van der Waals surface area (Å²) in [5.74, 6) is 1.66. The van der Waals surface area contributed by atoms with Crippen LogP contribution in [0.25, 0.3) is 117 Å². The van der Waals surface area contributed by atoms with Gasteiger partial charge in [-0.05, 0) is 82.9 Å². The second-order valence-electron chi connectivity index (χ2n) is 15.9. The molecule has 0 saturated heterocycles. The summed E-state index contributed by atoms with van der Waals surface area (Å²) in [7, 11) is 0. The minimum absolute atomic E-state index is 0.544. The Morgan fingerprint density at radius 2 is 0.859 bits per heavy atom. The lowest BCUT2D eigenvalue weighted by molar-refractivity contribution is 0.669. The van der Waals surface area contributed by atoms with Crippen LogP contribution in [-0.2, 0) is 0 Å². The van der Waals surface area contributed by atoms with Crippen LogP contribution in [0, 0.1) is 11.3 Å². The second kappa shape index (κ2) is 15.2. The van der Waals surface area contributed by atoms with Crippen molar-refractivity contribution in [3.63, 3.8) is 0 Å². The molecular formula is C58H35N5O. The fraction of sp³-hybridized carbons (Fsp3) is 0. The van der Waals surface area contributed by atoms with Gasteiger partial charge in [-0.1, -0.05) is 152 Å². The molecule has 0 aliphatic rings. The van der Waals surface area contributed by atoms with Gasteiger partial charge in [0.25, 0.3) is 0 Å². The number of fused-ring (bicyclic) bond motifs is 6. The molecule has 64 heavy (non-hydrogen) atoms. The zero-order valence-corrected chi connectivity index (χ0v) is 34.4. The molecule has 0 saturated carbocycles. The number of benzene rings is 9. The summed E-state index contributed by atoms with van der Waals surface area (Å²) >= 11 is 0. The fourth-order valence-electron chi connectivity index (χ4n) is 9.04. The first-order valence-electron chi connectivity index (χ1n) is 21.2. The quantitative estimate of drug-likeness (QED) is 0.160. The smallest absolute Gasteiger partial charge is 0.164 e. The first-order chi connectivity index (χ1) is 31.7. The van der Waals surface area contributed by atoms with Gasteiger partial charge in [-0.15, -0.1) is 0 Å². The number of rotatable bonds is 7. The minimum Gasteiger partial charge on any atom is -0.456 e. The van der Waals surface area contributed by atoms with Crippen LogP contribution in [0.15, 0.2) is 217 Å². The van der Waals surface area contributed by atoms with Gasteiger partial charge in [-0.25, -0.2) is 15.0 Å². The molecule has 12 aromatic rings. The highest BCUT2D eigenvalue weighted by molar-refractivity contribution is 6.12. The van der Waals surface area contributed by atoms with E-state index in [1.54, 1.807) is 0 Å². The molecule has 0 amide bonds. The van der Waals surface area contributed by atoms with Crippen molar-refractivity contribution in [2.24, 2.45) is 0 Å². The van der Waals surface area contributed by atoms with Gasteiger partial charge in [0.1, 0.15) is 11.2 Å². The maximum Gasteiger partial charge on any atom is 0.164 e. The van der Waals surface area contributed by atoms with E-state index in [4.69, 9.17) is 19.4 Å². The summed E-state index contributed by atoms with van der Waals surface area (Å²) < 4.78 is 8.70. The van der Waals surface area contributed by atoms with E-state index in [9.17, 15) is 5.26 Å². The minimum atomic E-state index is 0.544. The predicted molar refractivity (Wildman–Crippen MR) is 259 cm³/mol. The Hall–Kier alpha value is -8.92. The van der Waals surface area contributed by atoms with Crippen molar-refractivity contribution in [2.45, 2.75) is 0 Å². The summed E-state index contributed by atoms with van der Waals surface area (Å²) in [5, 5.41) is 14.3. The highest BCUT2D eigenvalue weighted by atomic mass is 16.3. The van der Waals surface area contributed by atoms with Crippen LogP contribution >= 0.6 is 0 Å². The molecular weight excluding hydrogens is 783 g/mol. The Morgan fingerprint density at radius 3 is 1.50 bits per heavy atom. The topological polar surface area (TPSA) is 80.5 Å². The van der Waals surface area contributed by atoms with E-state index in [1.165, 1.54) is 0 Å². The third-order valence-electron chi connectivity index (χ3n) is 12.1. The molecule has 298 valence electrons. The molecule has 0 atom stereocenters. The molecule has 12 rings (SSSR count). The van der Waals surface area contributed by atoms with Gasteiger partial charge in [0, 0.05) is 49.4 Å². The van der Waals surface area contributed by atoms with Crippen LogP contribution in [0.5, 0.6) is 0 Å². The lowest BCUT2D eigenvalue weighted by Crippen LogP contribution is -2.04. The number of para-hydroxylation sites is 1. The summed E-state index contributed by atoms with van der Waals surface area (Å²) in [4.78, 5) is 15.6. The van der Waals surface area contributed by atoms with E-state index < -0.39 is 0 Å². The van der Waals surface area contributed by atoms with Crippen molar-refractivity contribution < 1.29 is 4.42 Å². The summed E-state index contributed by atoms with van der Waals surface area (Å²) in [6, 6.07) is 75.3. The zero-order chi connectivity index (χ0) is 42.6. The van der Waals surface area contributed by atoms with Gasteiger partial charge in [0.05, 0.1) is 28.4 Å². The highest BCUT2D eigenvalue weighted by Gasteiger charge is 2.24. The molecule has 9 aromatic carbocycles. The molecule has 0 aliphatic heterocycles. The maximum absolute atomic E-state index is 10.1. The Balaban J connectivity index is 1.15. The Kier molecular flexibility index (Phi) is 8.77. The van der Waals surface area contributed by atoms with Gasteiger partial charge >= 0.3 is 0 Å². The van der Waals surface area contributed by atoms with Crippen molar-refractivity contribution in [2.75, 3.05) is 0 Å². The normalized spacial score (nSPS) is 11.4. The maximum atomic E-state index is 10.1. The molecule has 0 radical (unpaired) electrons. The van der Waals surface area contributed by atoms with E-state index in [0.717, 1.165) is 99.5 Å². The molecule has 3 heterocycles. The number of nitriles is 1. The van der Waals surface area contributed by atoms with Gasteiger partial charge in [0.15, 0.2) is 17.5 Å². The van der Waals surface area contributed by atoms with Crippen molar-refractivity contribution >= 4 is 43.7 Å². The average molecular weight is 818 g/mol. The highest BCUT2D eigenvalue weighted by Crippen LogP contribution is 2.45. The SMILES string of the molecule is N#Cc1ccc2c(c1)c1cc(-c3ccccc3)ccc1n2-c1c(-c2ccccc2)cc(-c2nc(-c3ccccc3)nc(-c3ccc4c(c3)oc3ccccc34)n2)cc1-c1ccccc1. The van der Waals surface area contributed by atoms with Crippen molar-refractivity contribution in [3.05, 3.63) is 218 Å². The second-order valence-corrected chi connectivity index (χ2v) is 15.9. The summed E-state index contributed by atoms with van der Waals surface area (Å²) in [6.07, 6.45) is 0. The summed E-state index contributed by atoms with van der Waals surface area (Å²) in [5.41, 5.74) is 14.1. The van der Waals surface area contributed by atoms with Crippen LogP contribution in [0.3, 0.4) is 0 Å². The number of nitrogens with zero attached hydrogens (tertiary/aromatic N) is 5.